The van der Waals surface area contributed by atoms with E-state index in [0.29, 0.717) is 19.4 Å². The molecule has 8 nitrogen and oxygen atoms in total. The molecule has 3 N–H and O–H groups in total. The van der Waals surface area contributed by atoms with Crippen molar-refractivity contribution in [3.63, 3.8) is 0 Å². The zero-order valence-electron chi connectivity index (χ0n) is 14.2. The molecule has 1 saturated heterocycles. The lowest BCUT2D eigenvalue weighted by Gasteiger charge is -2.24. The van der Waals surface area contributed by atoms with E-state index in [1.54, 1.807) is 0 Å². The second kappa shape index (κ2) is 8.12. The summed E-state index contributed by atoms with van der Waals surface area (Å²) in [6.07, 6.45) is 6.81. The van der Waals surface area contributed by atoms with E-state index in [2.05, 4.69) is 16.0 Å². The van der Waals surface area contributed by atoms with Gasteiger partial charge in [-0.1, -0.05) is 39.0 Å². The summed E-state index contributed by atoms with van der Waals surface area (Å²) in [6, 6.07) is -1.16. The summed E-state index contributed by atoms with van der Waals surface area (Å²) < 4.78 is 0. The fourth-order valence-corrected chi connectivity index (χ4v) is 3.22. The molecular formula is C16H26N4O4. The Kier molecular flexibility index (Phi) is 6.16. The Hall–Kier alpha value is -2.12. The lowest BCUT2D eigenvalue weighted by atomic mass is 9.90. The molecule has 0 aromatic heterocycles. The molecule has 1 aliphatic carbocycles. The van der Waals surface area contributed by atoms with Crippen molar-refractivity contribution >= 4 is 23.9 Å². The average Bonchev–Trinajstić information content (AvgIpc) is 2.72. The highest BCUT2D eigenvalue weighted by molar-refractivity contribution is 6.10. The number of unbranched alkanes of at least 4 members (excludes halogenated alkanes) is 1. The minimum Gasteiger partial charge on any atom is -0.338 e. The quantitative estimate of drug-likeness (QED) is 0.518. The minimum atomic E-state index is -0.864. The molecule has 0 bridgehead atoms. The summed E-state index contributed by atoms with van der Waals surface area (Å²) in [6.45, 7) is 2.03. The van der Waals surface area contributed by atoms with Gasteiger partial charge in [-0.2, -0.15) is 0 Å². The van der Waals surface area contributed by atoms with E-state index < -0.39 is 30.1 Å². The zero-order chi connectivity index (χ0) is 17.6. The third kappa shape index (κ3) is 4.24. The fraction of sp³-hybridized carbons (Fsp3) is 0.750. The molecule has 0 radical (unpaired) electrons. The van der Waals surface area contributed by atoms with E-state index in [0.717, 1.165) is 43.4 Å². The van der Waals surface area contributed by atoms with Crippen molar-refractivity contribution in [2.24, 2.45) is 0 Å². The first-order valence-corrected chi connectivity index (χ1v) is 8.70. The van der Waals surface area contributed by atoms with E-state index in [1.165, 1.54) is 0 Å². The van der Waals surface area contributed by atoms with Gasteiger partial charge in [0.1, 0.15) is 12.1 Å². The highest BCUT2D eigenvalue weighted by Crippen LogP contribution is 2.32. The van der Waals surface area contributed by atoms with E-state index in [-0.39, 0.29) is 5.91 Å². The molecule has 2 rings (SSSR count). The van der Waals surface area contributed by atoms with Crippen molar-refractivity contribution in [2.45, 2.75) is 63.8 Å². The Morgan fingerprint density at radius 1 is 1.17 bits per heavy atom. The van der Waals surface area contributed by atoms with Crippen LogP contribution in [-0.4, -0.2) is 47.4 Å². The Balaban J connectivity index is 1.89. The third-order valence-electron chi connectivity index (χ3n) is 4.57. The molecule has 24 heavy (non-hydrogen) atoms. The van der Waals surface area contributed by atoms with Gasteiger partial charge in [0.05, 0.1) is 0 Å². The normalized spacial score (nSPS) is 19.8. The Morgan fingerprint density at radius 2 is 1.83 bits per heavy atom. The molecule has 0 unspecified atom stereocenters. The SMILES string of the molecule is CCCCNC(=O)NC(=O)CN1C(=O)NC2(CCCCCC2)C1=O. The predicted molar refractivity (Wildman–Crippen MR) is 87.1 cm³/mol. The standard InChI is InChI=1S/C16H26N4O4/c1-2-3-10-17-14(23)18-12(21)11-20-13(22)16(19-15(20)24)8-6-4-5-7-9-16/h2-11H2,1H3,(H,19,24)(H2,17,18,21,23). The Labute approximate surface area is 141 Å². The Bertz CT molecular complexity index is 512. The maximum atomic E-state index is 12.6. The third-order valence-corrected chi connectivity index (χ3v) is 4.57. The van der Waals surface area contributed by atoms with E-state index in [4.69, 9.17) is 0 Å². The van der Waals surface area contributed by atoms with Crippen molar-refractivity contribution in [3.8, 4) is 0 Å². The lowest BCUT2D eigenvalue weighted by Crippen LogP contribution is -2.48. The largest absolute Gasteiger partial charge is 0.338 e. The summed E-state index contributed by atoms with van der Waals surface area (Å²) in [7, 11) is 0. The predicted octanol–water partition coefficient (Wildman–Crippen LogP) is 1.26. The molecule has 0 aromatic carbocycles. The number of rotatable bonds is 5. The van der Waals surface area contributed by atoms with Crippen LogP contribution in [0.2, 0.25) is 0 Å². The second-order valence-corrected chi connectivity index (χ2v) is 6.48. The van der Waals surface area contributed by atoms with Gasteiger partial charge in [0.2, 0.25) is 5.91 Å². The summed E-state index contributed by atoms with van der Waals surface area (Å²) in [5, 5.41) is 7.47. The molecule has 1 spiro atoms. The van der Waals surface area contributed by atoms with Crippen LogP contribution in [0.25, 0.3) is 0 Å². The van der Waals surface area contributed by atoms with Crippen LogP contribution in [0.3, 0.4) is 0 Å². The number of hydrogen-bond acceptors (Lipinski definition) is 4. The van der Waals surface area contributed by atoms with E-state index in [1.807, 2.05) is 6.92 Å². The molecule has 1 aliphatic heterocycles. The summed E-state index contributed by atoms with van der Waals surface area (Å²) in [5.41, 5.74) is -0.864. The number of amides is 6. The van der Waals surface area contributed by atoms with Crippen molar-refractivity contribution in [2.75, 3.05) is 13.1 Å². The van der Waals surface area contributed by atoms with Crippen LogP contribution in [0.5, 0.6) is 0 Å². The van der Waals surface area contributed by atoms with Gasteiger partial charge in [0.15, 0.2) is 0 Å². The highest BCUT2D eigenvalue weighted by Gasteiger charge is 2.51. The molecule has 2 fully saturated rings. The maximum Gasteiger partial charge on any atom is 0.325 e. The number of urea groups is 2. The van der Waals surface area contributed by atoms with Gasteiger partial charge in [0.25, 0.3) is 5.91 Å². The monoisotopic (exact) mass is 338 g/mol. The van der Waals surface area contributed by atoms with Gasteiger partial charge < -0.3 is 10.6 Å². The van der Waals surface area contributed by atoms with Gasteiger partial charge >= 0.3 is 12.1 Å². The number of carbonyl (C=O) groups is 4. The van der Waals surface area contributed by atoms with Crippen molar-refractivity contribution in [1.29, 1.82) is 0 Å². The first-order valence-electron chi connectivity index (χ1n) is 8.70. The van der Waals surface area contributed by atoms with Crippen LogP contribution in [-0.2, 0) is 9.59 Å². The molecule has 8 heteroatoms. The van der Waals surface area contributed by atoms with Gasteiger partial charge in [-0.05, 0) is 19.3 Å². The van der Waals surface area contributed by atoms with Gasteiger partial charge in [-0.3, -0.25) is 19.8 Å². The van der Waals surface area contributed by atoms with Crippen LogP contribution in [0, 0.1) is 0 Å². The number of hydrogen-bond donors (Lipinski definition) is 3. The van der Waals surface area contributed by atoms with Crippen LogP contribution in [0.4, 0.5) is 9.59 Å². The molecule has 2 aliphatic rings. The van der Waals surface area contributed by atoms with E-state index in [9.17, 15) is 19.2 Å². The topological polar surface area (TPSA) is 108 Å². The summed E-state index contributed by atoms with van der Waals surface area (Å²) in [5.74, 6) is -1.02. The number of carbonyl (C=O) groups excluding carboxylic acids is 4. The smallest absolute Gasteiger partial charge is 0.325 e. The van der Waals surface area contributed by atoms with Crippen LogP contribution >= 0.6 is 0 Å². The number of nitrogens with zero attached hydrogens (tertiary/aromatic N) is 1. The zero-order valence-corrected chi connectivity index (χ0v) is 14.2. The first-order chi connectivity index (χ1) is 11.5. The highest BCUT2D eigenvalue weighted by atomic mass is 16.2. The van der Waals surface area contributed by atoms with Crippen molar-refractivity contribution < 1.29 is 19.2 Å². The molecule has 134 valence electrons. The fourth-order valence-electron chi connectivity index (χ4n) is 3.22. The Morgan fingerprint density at radius 3 is 2.46 bits per heavy atom. The maximum absolute atomic E-state index is 12.6. The van der Waals surface area contributed by atoms with Gasteiger partial charge in [0, 0.05) is 6.54 Å². The van der Waals surface area contributed by atoms with E-state index >= 15 is 0 Å². The lowest BCUT2D eigenvalue weighted by molar-refractivity contribution is -0.135. The molecule has 0 aromatic rings. The summed E-state index contributed by atoms with van der Waals surface area (Å²) in [4.78, 5) is 49.2. The van der Waals surface area contributed by atoms with Gasteiger partial charge in [-0.15, -0.1) is 0 Å². The molecule has 1 heterocycles. The van der Waals surface area contributed by atoms with Crippen molar-refractivity contribution in [1.82, 2.24) is 20.9 Å². The second-order valence-electron chi connectivity index (χ2n) is 6.48. The van der Waals surface area contributed by atoms with Crippen LogP contribution < -0.4 is 16.0 Å². The molecule has 0 atom stereocenters. The first kappa shape index (κ1) is 18.2. The van der Waals surface area contributed by atoms with Crippen LogP contribution in [0.15, 0.2) is 0 Å². The molecule has 6 amide bonds. The number of imide groups is 2. The average molecular weight is 338 g/mol. The minimum absolute atomic E-state index is 0.351. The summed E-state index contributed by atoms with van der Waals surface area (Å²) >= 11 is 0. The molecule has 1 saturated carbocycles. The van der Waals surface area contributed by atoms with Gasteiger partial charge in [-0.25, -0.2) is 9.59 Å². The number of nitrogens with one attached hydrogen (secondary N) is 3. The molecular weight excluding hydrogens is 312 g/mol. The van der Waals surface area contributed by atoms with Crippen molar-refractivity contribution in [3.05, 3.63) is 0 Å². The van der Waals surface area contributed by atoms with Crippen LogP contribution in [0.1, 0.15) is 58.3 Å².